The van der Waals surface area contributed by atoms with E-state index >= 15 is 0 Å². The molecule has 6 heteroatoms. The molecule has 6 nitrogen and oxygen atoms in total. The van der Waals surface area contributed by atoms with Gasteiger partial charge in [-0.25, -0.2) is 4.79 Å². The number of hydrogen-bond donors (Lipinski definition) is 3. The zero-order valence-corrected chi connectivity index (χ0v) is 10.4. The van der Waals surface area contributed by atoms with Crippen LogP contribution in [-0.2, 0) is 9.59 Å². The zero-order valence-electron chi connectivity index (χ0n) is 10.4. The largest absolute Gasteiger partial charge is 0.481 e. The smallest absolute Gasteiger partial charge is 0.321 e. The van der Waals surface area contributed by atoms with Crippen LogP contribution in [0, 0.1) is 12.3 Å². The molecule has 0 heterocycles. The molecule has 100 valence electrons. The van der Waals surface area contributed by atoms with Crippen molar-refractivity contribution in [3.05, 3.63) is 0 Å². The van der Waals surface area contributed by atoms with Gasteiger partial charge in [0.1, 0.15) is 0 Å². The summed E-state index contributed by atoms with van der Waals surface area (Å²) >= 11 is 0. The Kier molecular flexibility index (Phi) is 8.03. The topological polar surface area (TPSA) is 95.5 Å². The summed E-state index contributed by atoms with van der Waals surface area (Å²) in [6, 6.07) is -0.765. The molecule has 0 fully saturated rings. The number of hydrogen-bond acceptors (Lipinski definition) is 3. The van der Waals surface area contributed by atoms with Crippen LogP contribution in [0.4, 0.5) is 4.79 Å². The molecule has 0 rings (SSSR count). The summed E-state index contributed by atoms with van der Waals surface area (Å²) in [5.41, 5.74) is 0. The Morgan fingerprint density at radius 3 is 2.50 bits per heavy atom. The highest BCUT2D eigenvalue weighted by Crippen LogP contribution is 1.97. The Bertz CT molecular complexity index is 346. The molecule has 18 heavy (non-hydrogen) atoms. The Morgan fingerprint density at radius 1 is 1.33 bits per heavy atom. The highest BCUT2D eigenvalue weighted by atomic mass is 16.4. The second-order valence-electron chi connectivity index (χ2n) is 3.78. The summed E-state index contributed by atoms with van der Waals surface area (Å²) in [5, 5.41) is 13.1. The van der Waals surface area contributed by atoms with Crippen LogP contribution in [-0.4, -0.2) is 29.1 Å². The molecule has 0 spiro atoms. The van der Waals surface area contributed by atoms with Gasteiger partial charge in [-0.05, 0) is 12.8 Å². The number of terminal acetylenes is 1. The van der Waals surface area contributed by atoms with Gasteiger partial charge in [0.15, 0.2) is 0 Å². The number of carbonyl (C=O) groups is 3. The first kappa shape index (κ1) is 16.0. The van der Waals surface area contributed by atoms with Crippen molar-refractivity contribution in [1.29, 1.82) is 0 Å². The van der Waals surface area contributed by atoms with Gasteiger partial charge in [-0.15, -0.1) is 12.3 Å². The van der Waals surface area contributed by atoms with E-state index in [2.05, 4.69) is 16.6 Å². The van der Waals surface area contributed by atoms with Crippen molar-refractivity contribution >= 4 is 17.9 Å². The van der Waals surface area contributed by atoms with Crippen LogP contribution in [0.3, 0.4) is 0 Å². The number of carbonyl (C=O) groups excluding carboxylic acids is 2. The molecule has 0 saturated carbocycles. The van der Waals surface area contributed by atoms with E-state index in [0.717, 1.165) is 0 Å². The van der Waals surface area contributed by atoms with E-state index in [1.165, 1.54) is 0 Å². The summed E-state index contributed by atoms with van der Waals surface area (Å²) in [7, 11) is 0. The maximum Gasteiger partial charge on any atom is 0.321 e. The lowest BCUT2D eigenvalue weighted by molar-refractivity contribution is -0.137. The van der Waals surface area contributed by atoms with Gasteiger partial charge in [-0.3, -0.25) is 14.9 Å². The minimum Gasteiger partial charge on any atom is -0.481 e. The first-order valence-corrected chi connectivity index (χ1v) is 5.75. The summed E-state index contributed by atoms with van der Waals surface area (Å²) in [5.74, 6) is 0.970. The second kappa shape index (κ2) is 9.05. The molecular weight excluding hydrogens is 236 g/mol. The van der Waals surface area contributed by atoms with Gasteiger partial charge >= 0.3 is 12.0 Å². The number of amides is 3. The number of carboxylic acid groups (broad SMARTS) is 1. The standard InChI is InChI=1S/C12H18N2O4/c1-3-6-9(4-2)13-12(18)14-10(15)7-5-8-11(16)17/h1,9H,4-8H2,2H3,(H,16,17)(H2,13,14,15,18). The van der Waals surface area contributed by atoms with Crippen LogP contribution >= 0.6 is 0 Å². The molecule has 3 N–H and O–H groups in total. The van der Waals surface area contributed by atoms with E-state index in [9.17, 15) is 14.4 Å². The fourth-order valence-electron chi connectivity index (χ4n) is 1.25. The maximum atomic E-state index is 11.4. The number of aliphatic carboxylic acids is 1. The Morgan fingerprint density at radius 2 is 2.00 bits per heavy atom. The van der Waals surface area contributed by atoms with Gasteiger partial charge in [0.05, 0.1) is 0 Å². The maximum absolute atomic E-state index is 11.4. The van der Waals surface area contributed by atoms with Crippen LogP contribution in [0.1, 0.15) is 39.0 Å². The van der Waals surface area contributed by atoms with Crippen LogP contribution in [0.25, 0.3) is 0 Å². The quantitative estimate of drug-likeness (QED) is 0.587. The van der Waals surface area contributed by atoms with Gasteiger partial charge in [-0.2, -0.15) is 0 Å². The lowest BCUT2D eigenvalue weighted by Crippen LogP contribution is -2.44. The van der Waals surface area contributed by atoms with Crippen molar-refractivity contribution < 1.29 is 19.5 Å². The third kappa shape index (κ3) is 8.16. The van der Waals surface area contributed by atoms with E-state index in [4.69, 9.17) is 11.5 Å². The first-order chi connectivity index (χ1) is 8.49. The van der Waals surface area contributed by atoms with Crippen molar-refractivity contribution in [2.75, 3.05) is 0 Å². The summed E-state index contributed by atoms with van der Waals surface area (Å²) < 4.78 is 0. The fraction of sp³-hybridized carbons (Fsp3) is 0.583. The predicted octanol–water partition coefficient (Wildman–Crippen LogP) is 0.869. The molecule has 1 unspecified atom stereocenters. The minimum atomic E-state index is -0.965. The molecule has 0 aliphatic heterocycles. The molecule has 0 saturated heterocycles. The lowest BCUT2D eigenvalue weighted by Gasteiger charge is -2.14. The second-order valence-corrected chi connectivity index (χ2v) is 3.78. The average molecular weight is 254 g/mol. The molecular formula is C12H18N2O4. The van der Waals surface area contributed by atoms with Crippen LogP contribution < -0.4 is 10.6 Å². The third-order valence-electron chi connectivity index (χ3n) is 2.24. The van der Waals surface area contributed by atoms with Crippen molar-refractivity contribution in [2.24, 2.45) is 0 Å². The van der Waals surface area contributed by atoms with Crippen molar-refractivity contribution in [1.82, 2.24) is 10.6 Å². The monoisotopic (exact) mass is 254 g/mol. The third-order valence-corrected chi connectivity index (χ3v) is 2.24. The summed E-state index contributed by atoms with van der Waals surface area (Å²) in [6.45, 7) is 1.87. The number of rotatable bonds is 7. The highest BCUT2D eigenvalue weighted by Gasteiger charge is 2.12. The first-order valence-electron chi connectivity index (χ1n) is 5.75. The van der Waals surface area contributed by atoms with E-state index in [0.29, 0.717) is 12.8 Å². The Hall–Kier alpha value is -2.03. The van der Waals surface area contributed by atoms with Gasteiger partial charge in [-0.1, -0.05) is 6.92 Å². The Balaban J connectivity index is 3.89. The van der Waals surface area contributed by atoms with Crippen LogP contribution in [0.15, 0.2) is 0 Å². The van der Waals surface area contributed by atoms with Gasteiger partial charge < -0.3 is 10.4 Å². The van der Waals surface area contributed by atoms with E-state index < -0.39 is 17.9 Å². The molecule has 0 aromatic heterocycles. The molecule has 0 aliphatic rings. The molecule has 0 radical (unpaired) electrons. The van der Waals surface area contributed by atoms with E-state index in [1.54, 1.807) is 0 Å². The van der Waals surface area contributed by atoms with Crippen molar-refractivity contribution in [3.8, 4) is 12.3 Å². The predicted molar refractivity (Wildman–Crippen MR) is 65.7 cm³/mol. The fourth-order valence-corrected chi connectivity index (χ4v) is 1.25. The SMILES string of the molecule is C#CCC(CC)NC(=O)NC(=O)CCCC(=O)O. The van der Waals surface area contributed by atoms with Crippen LogP contribution in [0.2, 0.25) is 0 Å². The lowest BCUT2D eigenvalue weighted by atomic mass is 10.1. The molecule has 0 aromatic carbocycles. The van der Waals surface area contributed by atoms with E-state index in [1.807, 2.05) is 6.92 Å². The number of carboxylic acids is 1. The summed E-state index contributed by atoms with van der Waals surface area (Å²) in [4.78, 5) is 32.9. The summed E-state index contributed by atoms with van der Waals surface area (Å²) in [6.07, 6.45) is 6.32. The van der Waals surface area contributed by atoms with Gasteiger partial charge in [0, 0.05) is 25.3 Å². The number of nitrogens with one attached hydrogen (secondary N) is 2. The Labute approximate surface area is 106 Å². The van der Waals surface area contributed by atoms with Gasteiger partial charge in [0.25, 0.3) is 0 Å². The molecule has 0 bridgehead atoms. The van der Waals surface area contributed by atoms with Crippen molar-refractivity contribution in [3.63, 3.8) is 0 Å². The normalized spacial score (nSPS) is 11.1. The van der Waals surface area contributed by atoms with E-state index in [-0.39, 0.29) is 25.3 Å². The average Bonchev–Trinajstić information content (AvgIpc) is 2.27. The zero-order chi connectivity index (χ0) is 14.0. The minimum absolute atomic E-state index is 0.00561. The van der Waals surface area contributed by atoms with Crippen molar-refractivity contribution in [2.45, 2.75) is 45.1 Å². The highest BCUT2D eigenvalue weighted by molar-refractivity contribution is 5.94. The number of imide groups is 1. The molecule has 0 aliphatic carbocycles. The van der Waals surface area contributed by atoms with Gasteiger partial charge in [0.2, 0.25) is 5.91 Å². The van der Waals surface area contributed by atoms with Crippen LogP contribution in [0.5, 0.6) is 0 Å². The molecule has 1 atom stereocenters. The molecule has 3 amide bonds. The number of urea groups is 1. The molecule has 0 aromatic rings.